The summed E-state index contributed by atoms with van der Waals surface area (Å²) in [6.45, 7) is 0.0818. The summed E-state index contributed by atoms with van der Waals surface area (Å²) in [6, 6.07) is 20.5. The Morgan fingerprint density at radius 2 is 1.41 bits per heavy atom. The molecule has 0 aromatic heterocycles. The molecule has 7 nitrogen and oxygen atoms in total. The molecule has 172 valence electrons. The summed E-state index contributed by atoms with van der Waals surface area (Å²) >= 11 is 0. The van der Waals surface area contributed by atoms with Gasteiger partial charge in [-0.15, -0.1) is 0 Å². The highest BCUT2D eigenvalue weighted by molar-refractivity contribution is 6.27. The molecule has 1 heterocycles. The van der Waals surface area contributed by atoms with E-state index in [1.807, 2.05) is 30.3 Å². The lowest BCUT2D eigenvalue weighted by Gasteiger charge is -2.15. The summed E-state index contributed by atoms with van der Waals surface area (Å²) in [5.74, 6) is -0.479. The van der Waals surface area contributed by atoms with Crippen molar-refractivity contribution in [3.05, 3.63) is 101 Å². The summed E-state index contributed by atoms with van der Waals surface area (Å²) in [7, 11) is 2.56. The van der Waals surface area contributed by atoms with Crippen LogP contribution in [0.3, 0.4) is 0 Å². The van der Waals surface area contributed by atoms with Gasteiger partial charge < -0.3 is 18.9 Å². The first-order valence-electron chi connectivity index (χ1n) is 10.5. The molecule has 0 spiro atoms. The van der Waals surface area contributed by atoms with E-state index in [1.54, 1.807) is 18.2 Å². The van der Waals surface area contributed by atoms with E-state index in [2.05, 4.69) is 0 Å². The molecule has 0 unspecified atom stereocenters. The predicted octanol–water partition coefficient (Wildman–Crippen LogP) is 4.25. The fraction of sp³-hybridized carbons (Fsp3) is 0.148. The smallest absolute Gasteiger partial charge is 0.338 e. The number of esters is 2. The average molecular weight is 458 g/mol. The highest BCUT2D eigenvalue weighted by Crippen LogP contribution is 2.36. The van der Waals surface area contributed by atoms with Gasteiger partial charge in [0.25, 0.3) is 0 Å². The van der Waals surface area contributed by atoms with Crippen molar-refractivity contribution in [1.82, 2.24) is 0 Å². The van der Waals surface area contributed by atoms with E-state index < -0.39 is 11.9 Å². The van der Waals surface area contributed by atoms with Crippen molar-refractivity contribution in [2.45, 2.75) is 6.42 Å². The van der Waals surface area contributed by atoms with Gasteiger partial charge in [0.15, 0.2) is 17.3 Å². The van der Waals surface area contributed by atoms with Gasteiger partial charge in [0.05, 0.1) is 25.4 Å². The number of hydrogen-bond donors (Lipinski definition) is 0. The molecule has 0 aliphatic carbocycles. The molecule has 0 saturated heterocycles. The first-order valence-corrected chi connectivity index (χ1v) is 10.5. The number of carbonyl (C=O) groups excluding carboxylic acids is 3. The Bertz CT molecular complexity index is 1260. The summed E-state index contributed by atoms with van der Waals surface area (Å²) < 4.78 is 20.6. The second-order valence-electron chi connectivity index (χ2n) is 7.47. The number of allylic oxidation sites excluding steroid dienone is 1. The largest absolute Gasteiger partial charge is 0.465 e. The molecule has 0 N–H and O–H groups in total. The number of benzene rings is 3. The molecule has 0 fully saturated rings. The molecule has 4 rings (SSSR count). The summed E-state index contributed by atoms with van der Waals surface area (Å²) in [4.78, 5) is 38.5. The third kappa shape index (κ3) is 4.68. The van der Waals surface area contributed by atoms with Crippen molar-refractivity contribution in [1.29, 1.82) is 0 Å². The van der Waals surface area contributed by atoms with E-state index in [0.29, 0.717) is 28.2 Å². The van der Waals surface area contributed by atoms with Crippen molar-refractivity contribution in [3.8, 4) is 11.5 Å². The van der Waals surface area contributed by atoms with Gasteiger partial charge in [-0.2, -0.15) is 0 Å². The van der Waals surface area contributed by atoms with Crippen LogP contribution in [0.4, 0.5) is 0 Å². The Morgan fingerprint density at radius 1 is 0.765 bits per heavy atom. The zero-order chi connectivity index (χ0) is 24.1. The SMILES string of the molecule is COC(=O)/C(=C(/Cc1ccccc1)C(=O)c1ccc(C(=O)OC)cc1)c1ccc2c(c1)OCO2. The van der Waals surface area contributed by atoms with Crippen LogP contribution in [0.2, 0.25) is 0 Å². The molecule has 0 atom stereocenters. The van der Waals surface area contributed by atoms with E-state index in [0.717, 1.165) is 5.56 Å². The first-order chi connectivity index (χ1) is 16.5. The van der Waals surface area contributed by atoms with E-state index in [9.17, 15) is 14.4 Å². The Morgan fingerprint density at radius 3 is 2.09 bits per heavy atom. The molecular formula is C27H22O7. The fourth-order valence-corrected chi connectivity index (χ4v) is 3.70. The predicted molar refractivity (Wildman–Crippen MR) is 124 cm³/mol. The van der Waals surface area contributed by atoms with Gasteiger partial charge in [-0.25, -0.2) is 9.59 Å². The van der Waals surface area contributed by atoms with Crippen molar-refractivity contribution in [2.75, 3.05) is 21.0 Å². The van der Waals surface area contributed by atoms with Crippen LogP contribution in [-0.4, -0.2) is 38.7 Å². The molecule has 0 amide bonds. The number of hydrogen-bond acceptors (Lipinski definition) is 7. The molecule has 1 aliphatic rings. The Labute approximate surface area is 196 Å². The Hall–Kier alpha value is -4.39. The molecule has 0 bridgehead atoms. The van der Waals surface area contributed by atoms with E-state index in [4.69, 9.17) is 18.9 Å². The Kier molecular flexibility index (Phi) is 6.73. The third-order valence-electron chi connectivity index (χ3n) is 5.42. The number of ketones is 1. The minimum absolute atomic E-state index is 0.0818. The van der Waals surface area contributed by atoms with Crippen LogP contribution >= 0.6 is 0 Å². The Balaban J connectivity index is 1.86. The zero-order valence-corrected chi connectivity index (χ0v) is 18.7. The lowest BCUT2D eigenvalue weighted by molar-refractivity contribution is -0.133. The van der Waals surface area contributed by atoms with Gasteiger partial charge in [0.2, 0.25) is 6.79 Å². The van der Waals surface area contributed by atoms with Crippen LogP contribution in [0.1, 0.15) is 31.8 Å². The van der Waals surface area contributed by atoms with E-state index >= 15 is 0 Å². The lowest BCUT2D eigenvalue weighted by Crippen LogP contribution is -2.15. The lowest BCUT2D eigenvalue weighted by atomic mass is 9.89. The molecular weight excluding hydrogens is 436 g/mol. The molecule has 3 aromatic carbocycles. The van der Waals surface area contributed by atoms with Crippen molar-refractivity contribution in [2.24, 2.45) is 0 Å². The number of carbonyl (C=O) groups is 3. The van der Waals surface area contributed by atoms with Crippen LogP contribution in [0.25, 0.3) is 5.57 Å². The fourth-order valence-electron chi connectivity index (χ4n) is 3.70. The topological polar surface area (TPSA) is 88.1 Å². The summed E-state index contributed by atoms with van der Waals surface area (Å²) in [5.41, 5.74) is 2.34. The number of ether oxygens (including phenoxy) is 4. The highest BCUT2D eigenvalue weighted by Gasteiger charge is 2.26. The van der Waals surface area contributed by atoms with Crippen molar-refractivity contribution in [3.63, 3.8) is 0 Å². The van der Waals surface area contributed by atoms with Crippen LogP contribution in [0, 0.1) is 0 Å². The average Bonchev–Trinajstić information content (AvgIpc) is 3.36. The first kappa shape index (κ1) is 22.8. The third-order valence-corrected chi connectivity index (χ3v) is 5.42. The molecule has 1 aliphatic heterocycles. The minimum Gasteiger partial charge on any atom is -0.465 e. The van der Waals surface area contributed by atoms with Crippen molar-refractivity contribution < 1.29 is 33.3 Å². The molecule has 0 saturated carbocycles. The number of Topliss-reactive ketones (excluding diaryl/α,β-unsaturated/α-hetero) is 1. The van der Waals surface area contributed by atoms with Gasteiger partial charge >= 0.3 is 11.9 Å². The summed E-state index contributed by atoms with van der Waals surface area (Å²) in [6.07, 6.45) is 0.192. The molecule has 3 aromatic rings. The van der Waals surface area contributed by atoms with E-state index in [1.165, 1.54) is 38.5 Å². The molecule has 7 heteroatoms. The van der Waals surface area contributed by atoms with Gasteiger partial charge in [0.1, 0.15) is 0 Å². The maximum absolute atomic E-state index is 13.7. The monoisotopic (exact) mass is 458 g/mol. The maximum Gasteiger partial charge on any atom is 0.338 e. The number of rotatable bonds is 7. The van der Waals surface area contributed by atoms with Gasteiger partial charge in [0, 0.05) is 17.6 Å². The van der Waals surface area contributed by atoms with Gasteiger partial charge in [-0.1, -0.05) is 48.5 Å². The van der Waals surface area contributed by atoms with Crippen LogP contribution in [0.15, 0.2) is 78.4 Å². The zero-order valence-electron chi connectivity index (χ0n) is 18.7. The second-order valence-corrected chi connectivity index (χ2v) is 7.47. The summed E-state index contributed by atoms with van der Waals surface area (Å²) in [5, 5.41) is 0. The normalized spacial score (nSPS) is 12.5. The highest BCUT2D eigenvalue weighted by atomic mass is 16.7. The van der Waals surface area contributed by atoms with E-state index in [-0.39, 0.29) is 30.1 Å². The second kappa shape index (κ2) is 10.0. The van der Waals surface area contributed by atoms with Crippen LogP contribution in [0.5, 0.6) is 11.5 Å². The van der Waals surface area contributed by atoms with Crippen molar-refractivity contribution >= 4 is 23.3 Å². The van der Waals surface area contributed by atoms with Crippen LogP contribution < -0.4 is 9.47 Å². The standard InChI is InChI=1S/C27H22O7/c1-31-26(29)19-10-8-18(9-11-19)25(28)21(14-17-6-4-3-5-7-17)24(27(30)32-2)20-12-13-22-23(15-20)34-16-33-22/h3-13,15H,14,16H2,1-2H3/b24-21-. The maximum atomic E-state index is 13.7. The quantitative estimate of drug-likeness (QED) is 0.297. The van der Waals surface area contributed by atoms with Crippen LogP contribution in [-0.2, 0) is 20.7 Å². The van der Waals surface area contributed by atoms with Gasteiger partial charge in [-0.05, 0) is 35.4 Å². The number of fused-ring (bicyclic) bond motifs is 1. The minimum atomic E-state index is -0.649. The number of methoxy groups -OCH3 is 2. The molecule has 0 radical (unpaired) electrons. The van der Waals surface area contributed by atoms with Gasteiger partial charge in [-0.3, -0.25) is 4.79 Å². The molecule has 34 heavy (non-hydrogen) atoms.